The first kappa shape index (κ1) is 23.2. The van der Waals surface area contributed by atoms with E-state index in [4.69, 9.17) is 0 Å². The Kier molecular flexibility index (Phi) is 5.92. The van der Waals surface area contributed by atoms with Crippen LogP contribution in [0.1, 0.15) is 35.2 Å². The predicted octanol–water partition coefficient (Wildman–Crippen LogP) is 2.52. The quantitative estimate of drug-likeness (QED) is 0.714. The van der Waals surface area contributed by atoms with E-state index in [2.05, 4.69) is 4.98 Å². The molecule has 1 fully saturated rings. The van der Waals surface area contributed by atoms with E-state index in [0.29, 0.717) is 29.6 Å². The standard InChI is InChI=1S/C23H24F3N3O4/c1-12-6-5-8-16-15(12)7-3-4-9-28(16)21(32)18-19(30)20(31)22(33)29(18)17-11-14(23(24,25)26)10-13(2)27-17/h5-6,8,10-11,18-20,30-31H,3-4,7,9H2,1-2H3/t18-,19-,20-/m0/s1. The molecule has 1 aromatic heterocycles. The number of pyridine rings is 1. The summed E-state index contributed by atoms with van der Waals surface area (Å²) in [4.78, 5) is 32.6. The van der Waals surface area contributed by atoms with Gasteiger partial charge >= 0.3 is 6.18 Å². The molecule has 0 aliphatic carbocycles. The van der Waals surface area contributed by atoms with Gasteiger partial charge < -0.3 is 15.1 Å². The SMILES string of the molecule is Cc1cc(C(F)(F)F)cc(N2C(=O)[C@@H](O)[C@@H](O)[C@H]2C(=O)N2CCCCc3c(C)cccc32)n1. The molecule has 3 atom stereocenters. The zero-order chi connectivity index (χ0) is 24.1. The molecule has 0 radical (unpaired) electrons. The van der Waals surface area contributed by atoms with Crippen LogP contribution in [0.3, 0.4) is 0 Å². The van der Waals surface area contributed by atoms with Crippen molar-refractivity contribution in [1.82, 2.24) is 4.98 Å². The van der Waals surface area contributed by atoms with Crippen molar-refractivity contribution in [1.29, 1.82) is 0 Å². The molecule has 2 aliphatic rings. The van der Waals surface area contributed by atoms with Gasteiger partial charge in [0.1, 0.15) is 18.0 Å². The van der Waals surface area contributed by atoms with Gasteiger partial charge in [0.05, 0.1) is 5.56 Å². The zero-order valence-electron chi connectivity index (χ0n) is 18.1. The molecule has 0 saturated carbocycles. The van der Waals surface area contributed by atoms with Crippen molar-refractivity contribution in [3.05, 3.63) is 52.7 Å². The molecule has 4 rings (SSSR count). The average Bonchev–Trinajstić information content (AvgIpc) is 2.89. The minimum Gasteiger partial charge on any atom is -0.387 e. The fraction of sp³-hybridized carbons (Fsp3) is 0.435. The number of aryl methyl sites for hydroxylation is 2. The Hall–Kier alpha value is -2.98. The van der Waals surface area contributed by atoms with Crippen molar-refractivity contribution in [2.75, 3.05) is 16.3 Å². The van der Waals surface area contributed by atoms with Crippen LogP contribution in [-0.4, -0.2) is 51.8 Å². The van der Waals surface area contributed by atoms with Crippen LogP contribution >= 0.6 is 0 Å². The number of hydrogen-bond acceptors (Lipinski definition) is 5. The number of fused-ring (bicyclic) bond motifs is 1. The number of carbonyl (C=O) groups excluding carboxylic acids is 2. The number of benzene rings is 1. The molecule has 2 amide bonds. The van der Waals surface area contributed by atoms with Gasteiger partial charge in [0.2, 0.25) is 0 Å². The number of amides is 2. The number of carbonyl (C=O) groups is 2. The summed E-state index contributed by atoms with van der Waals surface area (Å²) in [6.45, 7) is 3.56. The molecule has 0 spiro atoms. The van der Waals surface area contributed by atoms with E-state index in [1.807, 2.05) is 13.0 Å². The van der Waals surface area contributed by atoms with Crippen LogP contribution in [0.2, 0.25) is 0 Å². The topological polar surface area (TPSA) is 94.0 Å². The van der Waals surface area contributed by atoms with Gasteiger partial charge in [-0.15, -0.1) is 0 Å². The number of hydrogen-bond donors (Lipinski definition) is 2. The molecule has 10 heteroatoms. The van der Waals surface area contributed by atoms with Gasteiger partial charge in [-0.1, -0.05) is 12.1 Å². The third kappa shape index (κ3) is 4.08. The number of aromatic nitrogens is 1. The van der Waals surface area contributed by atoms with E-state index in [9.17, 15) is 33.0 Å². The fourth-order valence-electron chi connectivity index (χ4n) is 4.55. The van der Waals surface area contributed by atoms with Crippen molar-refractivity contribution in [2.45, 2.75) is 57.5 Å². The molecular formula is C23H24F3N3O4. The molecule has 2 N–H and O–H groups in total. The van der Waals surface area contributed by atoms with E-state index >= 15 is 0 Å². The number of anilines is 2. The van der Waals surface area contributed by atoms with Gasteiger partial charge in [0, 0.05) is 17.9 Å². The largest absolute Gasteiger partial charge is 0.416 e. The third-order valence-electron chi connectivity index (χ3n) is 6.18. The average molecular weight is 463 g/mol. The molecule has 1 saturated heterocycles. The van der Waals surface area contributed by atoms with Crippen LogP contribution < -0.4 is 9.80 Å². The zero-order valence-corrected chi connectivity index (χ0v) is 18.1. The van der Waals surface area contributed by atoms with Gasteiger partial charge in [0.15, 0.2) is 6.10 Å². The Morgan fingerprint density at radius 3 is 2.58 bits per heavy atom. The van der Waals surface area contributed by atoms with E-state index in [1.54, 1.807) is 12.1 Å². The number of nitrogens with zero attached hydrogens (tertiary/aromatic N) is 3. The first-order valence-corrected chi connectivity index (χ1v) is 10.7. The van der Waals surface area contributed by atoms with Crippen LogP contribution in [0, 0.1) is 13.8 Å². The highest BCUT2D eigenvalue weighted by Crippen LogP contribution is 2.36. The smallest absolute Gasteiger partial charge is 0.387 e. The van der Waals surface area contributed by atoms with Crippen LogP contribution in [0.25, 0.3) is 0 Å². The normalized spacial score (nSPS) is 23.5. The van der Waals surface area contributed by atoms with Crippen LogP contribution in [0.4, 0.5) is 24.7 Å². The number of alkyl halides is 3. The van der Waals surface area contributed by atoms with Gasteiger partial charge in [-0.3, -0.25) is 14.5 Å². The first-order chi connectivity index (χ1) is 15.5. The summed E-state index contributed by atoms with van der Waals surface area (Å²) in [6.07, 6.45) is -6.24. The second-order valence-corrected chi connectivity index (χ2v) is 8.46. The van der Waals surface area contributed by atoms with Gasteiger partial charge in [-0.2, -0.15) is 13.2 Å². The highest BCUT2D eigenvalue weighted by Gasteiger charge is 2.53. The van der Waals surface area contributed by atoms with Gasteiger partial charge in [-0.25, -0.2) is 4.98 Å². The maximum Gasteiger partial charge on any atom is 0.416 e. The Labute approximate surface area is 188 Å². The summed E-state index contributed by atoms with van der Waals surface area (Å²) >= 11 is 0. The number of aliphatic hydroxyl groups is 2. The van der Waals surface area contributed by atoms with E-state index in [-0.39, 0.29) is 5.69 Å². The molecule has 1 aromatic carbocycles. The lowest BCUT2D eigenvalue weighted by molar-refractivity contribution is -0.137. The Morgan fingerprint density at radius 2 is 1.88 bits per heavy atom. The fourth-order valence-corrected chi connectivity index (χ4v) is 4.55. The second kappa shape index (κ2) is 8.42. The summed E-state index contributed by atoms with van der Waals surface area (Å²) < 4.78 is 40.1. The van der Waals surface area contributed by atoms with Gasteiger partial charge in [0.25, 0.3) is 11.8 Å². The minimum absolute atomic E-state index is 0.0227. The Bertz CT molecular complexity index is 1100. The lowest BCUT2D eigenvalue weighted by Gasteiger charge is -2.31. The first-order valence-electron chi connectivity index (χ1n) is 10.7. The van der Waals surface area contributed by atoms with Gasteiger partial charge in [-0.05, 0) is 62.4 Å². The molecule has 7 nitrogen and oxygen atoms in total. The van der Waals surface area contributed by atoms with E-state index < -0.39 is 47.6 Å². The highest BCUT2D eigenvalue weighted by molar-refractivity contribution is 6.11. The molecule has 2 aromatic rings. The Balaban J connectivity index is 1.80. The lowest BCUT2D eigenvalue weighted by atomic mass is 10.0. The van der Waals surface area contributed by atoms with Crippen LogP contribution in [0.15, 0.2) is 30.3 Å². The summed E-state index contributed by atoms with van der Waals surface area (Å²) in [5.41, 5.74) is 1.51. The third-order valence-corrected chi connectivity index (χ3v) is 6.18. The maximum absolute atomic E-state index is 13.7. The highest BCUT2D eigenvalue weighted by atomic mass is 19.4. The van der Waals surface area contributed by atoms with Crippen molar-refractivity contribution < 1.29 is 33.0 Å². The van der Waals surface area contributed by atoms with Crippen molar-refractivity contribution in [2.24, 2.45) is 0 Å². The molecule has 33 heavy (non-hydrogen) atoms. The van der Waals surface area contributed by atoms with Crippen molar-refractivity contribution >= 4 is 23.3 Å². The molecule has 0 bridgehead atoms. The second-order valence-electron chi connectivity index (χ2n) is 8.46. The van der Waals surface area contributed by atoms with E-state index in [1.165, 1.54) is 11.8 Å². The van der Waals surface area contributed by atoms with Crippen molar-refractivity contribution in [3.63, 3.8) is 0 Å². The molecule has 0 unspecified atom stereocenters. The minimum atomic E-state index is -4.71. The monoisotopic (exact) mass is 463 g/mol. The lowest BCUT2D eigenvalue weighted by Crippen LogP contribution is -2.52. The maximum atomic E-state index is 13.7. The summed E-state index contributed by atoms with van der Waals surface area (Å²) in [5, 5.41) is 20.9. The molecule has 2 aliphatic heterocycles. The predicted molar refractivity (Wildman–Crippen MR) is 114 cm³/mol. The van der Waals surface area contributed by atoms with Crippen molar-refractivity contribution in [3.8, 4) is 0 Å². The number of halogens is 3. The summed E-state index contributed by atoms with van der Waals surface area (Å²) in [7, 11) is 0. The van der Waals surface area contributed by atoms with Crippen LogP contribution in [-0.2, 0) is 22.2 Å². The molecule has 176 valence electrons. The summed E-state index contributed by atoms with van der Waals surface area (Å²) in [6, 6.07) is 5.33. The summed E-state index contributed by atoms with van der Waals surface area (Å²) in [5.74, 6) is -2.20. The number of aliphatic hydroxyl groups excluding tert-OH is 2. The molecule has 3 heterocycles. The van der Waals surface area contributed by atoms with E-state index in [0.717, 1.165) is 30.0 Å². The Morgan fingerprint density at radius 1 is 1.15 bits per heavy atom. The van der Waals surface area contributed by atoms with Crippen LogP contribution in [0.5, 0.6) is 0 Å². The number of rotatable bonds is 2. The molecular weight excluding hydrogens is 439 g/mol.